The molecule has 1 aliphatic heterocycles. The van der Waals surface area contributed by atoms with Crippen molar-refractivity contribution in [1.82, 2.24) is 0 Å². The molecule has 0 bridgehead atoms. The number of rotatable bonds is 6. The molecule has 1 aliphatic rings. The maximum Gasteiger partial charge on any atom is 0.371 e. The summed E-state index contributed by atoms with van der Waals surface area (Å²) in [6.45, 7) is 0.595. The Balaban J connectivity index is 1.44. The van der Waals surface area contributed by atoms with E-state index in [2.05, 4.69) is 0 Å². The van der Waals surface area contributed by atoms with E-state index >= 15 is 0 Å². The molecule has 0 unspecified atom stereocenters. The molecule has 8 heteroatoms. The first-order valence-electron chi connectivity index (χ1n) is 8.07. The van der Waals surface area contributed by atoms with Crippen molar-refractivity contribution in [1.29, 1.82) is 0 Å². The van der Waals surface area contributed by atoms with E-state index in [-0.39, 0.29) is 31.0 Å². The highest BCUT2D eigenvalue weighted by molar-refractivity contribution is 5.89. The summed E-state index contributed by atoms with van der Waals surface area (Å²) in [6, 6.07) is 10.9. The summed E-state index contributed by atoms with van der Waals surface area (Å²) in [5.41, 5.74) is -0.338. The van der Waals surface area contributed by atoms with Gasteiger partial charge >= 0.3 is 5.97 Å². The van der Waals surface area contributed by atoms with Crippen LogP contribution in [0.25, 0.3) is 11.0 Å². The average molecular weight is 370 g/mol. The van der Waals surface area contributed by atoms with Crippen LogP contribution in [0.4, 0.5) is 0 Å². The number of carboxylic acid groups (broad SMARTS) is 1. The van der Waals surface area contributed by atoms with Crippen LogP contribution < -0.4 is 24.4 Å². The summed E-state index contributed by atoms with van der Waals surface area (Å²) in [4.78, 5) is 23.2. The van der Waals surface area contributed by atoms with Crippen LogP contribution in [0.1, 0.15) is 10.6 Å². The van der Waals surface area contributed by atoms with E-state index in [0.29, 0.717) is 23.0 Å². The summed E-state index contributed by atoms with van der Waals surface area (Å²) < 4.78 is 27.0. The minimum Gasteiger partial charge on any atom is -0.490 e. The summed E-state index contributed by atoms with van der Waals surface area (Å²) in [5.74, 6) is 0.461. The zero-order valence-corrected chi connectivity index (χ0v) is 14.0. The van der Waals surface area contributed by atoms with Crippen LogP contribution in [0.3, 0.4) is 0 Å². The Labute approximate surface area is 152 Å². The third kappa shape index (κ3) is 3.37. The quantitative estimate of drug-likeness (QED) is 0.661. The lowest BCUT2D eigenvalue weighted by Gasteiger charge is -2.10. The number of hydrogen-bond donors (Lipinski definition) is 1. The number of fused-ring (bicyclic) bond motifs is 2. The maximum atomic E-state index is 12.2. The predicted molar refractivity (Wildman–Crippen MR) is 93.0 cm³/mol. The minimum absolute atomic E-state index is 0.147. The molecular formula is C19H14O8. The first kappa shape index (κ1) is 16.8. The van der Waals surface area contributed by atoms with Gasteiger partial charge in [-0.3, -0.25) is 4.79 Å². The van der Waals surface area contributed by atoms with Crippen molar-refractivity contribution < 1.29 is 33.3 Å². The SMILES string of the molecule is O=C(O)c1cc(=O)c2c(OCCOc3ccc4c(c3)OCO4)cccc2o1. The fourth-order valence-corrected chi connectivity index (χ4v) is 2.68. The van der Waals surface area contributed by atoms with E-state index in [1.807, 2.05) is 0 Å². The fraction of sp³-hybridized carbons (Fsp3) is 0.158. The molecule has 0 spiro atoms. The van der Waals surface area contributed by atoms with E-state index in [0.717, 1.165) is 6.07 Å². The lowest BCUT2D eigenvalue weighted by molar-refractivity contribution is 0.0663. The largest absolute Gasteiger partial charge is 0.490 e. The van der Waals surface area contributed by atoms with Crippen molar-refractivity contribution in [3.8, 4) is 23.0 Å². The van der Waals surface area contributed by atoms with Gasteiger partial charge in [0.2, 0.25) is 12.6 Å². The van der Waals surface area contributed by atoms with Crippen molar-refractivity contribution >= 4 is 16.9 Å². The summed E-state index contributed by atoms with van der Waals surface area (Å²) in [5, 5.41) is 9.17. The third-order valence-electron chi connectivity index (χ3n) is 3.88. The van der Waals surface area contributed by atoms with E-state index in [4.69, 9.17) is 28.5 Å². The Kier molecular flexibility index (Phi) is 4.29. The standard InChI is InChI=1S/C19H14O8/c20-12-9-17(19(21)22)27-15-3-1-2-14(18(12)15)24-7-6-23-11-4-5-13-16(8-11)26-10-25-13/h1-5,8-9H,6-7,10H2,(H,21,22). The number of ether oxygens (including phenoxy) is 4. The fourth-order valence-electron chi connectivity index (χ4n) is 2.68. The van der Waals surface area contributed by atoms with Gasteiger partial charge in [-0.1, -0.05) is 6.07 Å². The Bertz CT molecular complexity index is 1070. The van der Waals surface area contributed by atoms with Gasteiger partial charge in [-0.05, 0) is 24.3 Å². The molecule has 0 atom stereocenters. The molecule has 0 saturated carbocycles. The van der Waals surface area contributed by atoms with Gasteiger partial charge in [0.15, 0.2) is 16.9 Å². The van der Waals surface area contributed by atoms with E-state index in [1.165, 1.54) is 6.07 Å². The average Bonchev–Trinajstić information content (AvgIpc) is 3.12. The van der Waals surface area contributed by atoms with Crippen LogP contribution in [0.5, 0.6) is 23.0 Å². The zero-order chi connectivity index (χ0) is 18.8. The van der Waals surface area contributed by atoms with E-state index < -0.39 is 17.2 Å². The third-order valence-corrected chi connectivity index (χ3v) is 3.88. The molecule has 138 valence electrons. The molecule has 2 heterocycles. The van der Waals surface area contributed by atoms with Crippen molar-refractivity contribution in [2.75, 3.05) is 20.0 Å². The van der Waals surface area contributed by atoms with Crippen LogP contribution in [0.15, 0.2) is 51.7 Å². The van der Waals surface area contributed by atoms with Gasteiger partial charge in [-0.25, -0.2) is 4.79 Å². The smallest absolute Gasteiger partial charge is 0.371 e. The number of carboxylic acids is 1. The second-order valence-corrected chi connectivity index (χ2v) is 5.62. The van der Waals surface area contributed by atoms with Crippen molar-refractivity contribution in [2.45, 2.75) is 0 Å². The van der Waals surface area contributed by atoms with Gasteiger partial charge in [0.25, 0.3) is 0 Å². The predicted octanol–water partition coefficient (Wildman–Crippen LogP) is 2.68. The second-order valence-electron chi connectivity index (χ2n) is 5.62. The Morgan fingerprint density at radius 2 is 1.85 bits per heavy atom. The van der Waals surface area contributed by atoms with Crippen molar-refractivity contribution in [3.63, 3.8) is 0 Å². The molecular weight excluding hydrogens is 356 g/mol. The van der Waals surface area contributed by atoms with Crippen molar-refractivity contribution in [3.05, 3.63) is 58.4 Å². The van der Waals surface area contributed by atoms with Gasteiger partial charge in [-0.15, -0.1) is 0 Å². The lowest BCUT2D eigenvalue weighted by atomic mass is 10.2. The topological polar surface area (TPSA) is 104 Å². The normalized spacial score (nSPS) is 12.1. The van der Waals surface area contributed by atoms with Gasteiger partial charge < -0.3 is 28.5 Å². The number of benzene rings is 2. The molecule has 3 aromatic rings. The summed E-state index contributed by atoms with van der Waals surface area (Å²) >= 11 is 0. The Morgan fingerprint density at radius 3 is 2.70 bits per heavy atom. The molecule has 0 aliphatic carbocycles. The van der Waals surface area contributed by atoms with Crippen LogP contribution in [-0.2, 0) is 0 Å². The highest BCUT2D eigenvalue weighted by Gasteiger charge is 2.15. The molecule has 1 aromatic heterocycles. The molecule has 0 radical (unpaired) electrons. The van der Waals surface area contributed by atoms with Crippen LogP contribution in [0, 0.1) is 0 Å². The molecule has 0 saturated heterocycles. The first-order valence-corrected chi connectivity index (χ1v) is 8.07. The summed E-state index contributed by atoms with van der Waals surface area (Å²) in [6.07, 6.45) is 0. The molecule has 1 N–H and O–H groups in total. The van der Waals surface area contributed by atoms with Gasteiger partial charge in [0.05, 0.1) is 0 Å². The number of aromatic carboxylic acids is 1. The number of hydrogen-bond acceptors (Lipinski definition) is 7. The monoisotopic (exact) mass is 370 g/mol. The van der Waals surface area contributed by atoms with Crippen LogP contribution in [-0.4, -0.2) is 31.1 Å². The lowest BCUT2D eigenvalue weighted by Crippen LogP contribution is -2.12. The van der Waals surface area contributed by atoms with E-state index in [1.54, 1.807) is 30.3 Å². The molecule has 8 nitrogen and oxygen atoms in total. The second kappa shape index (κ2) is 6.91. The van der Waals surface area contributed by atoms with Crippen molar-refractivity contribution in [2.24, 2.45) is 0 Å². The maximum absolute atomic E-state index is 12.2. The highest BCUT2D eigenvalue weighted by atomic mass is 16.7. The van der Waals surface area contributed by atoms with Gasteiger partial charge in [0.1, 0.15) is 35.7 Å². The summed E-state index contributed by atoms with van der Waals surface area (Å²) in [7, 11) is 0. The Hall–Kier alpha value is -3.68. The minimum atomic E-state index is -1.31. The van der Waals surface area contributed by atoms with Crippen LogP contribution in [0.2, 0.25) is 0 Å². The van der Waals surface area contributed by atoms with Gasteiger partial charge in [-0.2, -0.15) is 0 Å². The first-order chi connectivity index (χ1) is 13.1. The molecule has 0 fully saturated rings. The molecule has 0 amide bonds. The molecule has 2 aromatic carbocycles. The Morgan fingerprint density at radius 1 is 1.04 bits per heavy atom. The van der Waals surface area contributed by atoms with Gasteiger partial charge in [0, 0.05) is 12.1 Å². The number of carbonyl (C=O) groups is 1. The highest BCUT2D eigenvalue weighted by Crippen LogP contribution is 2.35. The molecule has 4 rings (SSSR count). The van der Waals surface area contributed by atoms with E-state index in [9.17, 15) is 9.59 Å². The zero-order valence-electron chi connectivity index (χ0n) is 14.0. The van der Waals surface area contributed by atoms with Crippen LogP contribution >= 0.6 is 0 Å². The molecule has 27 heavy (non-hydrogen) atoms.